The van der Waals surface area contributed by atoms with Gasteiger partial charge in [-0.2, -0.15) is 5.10 Å². The van der Waals surface area contributed by atoms with E-state index in [2.05, 4.69) is 5.10 Å². The molecular weight excluding hydrogens is 346 g/mol. The summed E-state index contributed by atoms with van der Waals surface area (Å²) in [6.45, 7) is 0. The summed E-state index contributed by atoms with van der Waals surface area (Å²) in [5.74, 6) is 0.559. The zero-order chi connectivity index (χ0) is 19.6. The first-order valence-electron chi connectivity index (χ1n) is 8.23. The number of carbonyl (C=O) groups excluding carboxylic acids is 1. The molecule has 0 aliphatic carbocycles. The summed E-state index contributed by atoms with van der Waals surface area (Å²) >= 11 is 0. The Morgan fingerprint density at radius 3 is 2.26 bits per heavy atom. The fourth-order valence-electron chi connectivity index (χ4n) is 3.13. The van der Waals surface area contributed by atoms with Crippen LogP contribution in [0, 0.1) is 0 Å². The van der Waals surface area contributed by atoms with Crippen LogP contribution in [0.1, 0.15) is 10.4 Å². The highest BCUT2D eigenvalue weighted by atomic mass is 16.5. The predicted molar refractivity (Wildman–Crippen MR) is 102 cm³/mol. The van der Waals surface area contributed by atoms with E-state index in [1.54, 1.807) is 16.9 Å². The van der Waals surface area contributed by atoms with Crippen molar-refractivity contribution in [2.75, 3.05) is 21.3 Å². The first-order chi connectivity index (χ1) is 13.0. The molecule has 1 aromatic heterocycles. The lowest BCUT2D eigenvalue weighted by Gasteiger charge is -2.19. The van der Waals surface area contributed by atoms with Gasteiger partial charge in [0.2, 0.25) is 11.7 Å². The van der Waals surface area contributed by atoms with Crippen LogP contribution in [0.15, 0.2) is 42.6 Å². The first-order valence-corrected chi connectivity index (χ1v) is 8.23. The Morgan fingerprint density at radius 1 is 1.00 bits per heavy atom. The number of nitrogens with zero attached hydrogens (tertiary/aromatic N) is 2. The lowest BCUT2D eigenvalue weighted by Crippen LogP contribution is -2.14. The summed E-state index contributed by atoms with van der Waals surface area (Å²) in [4.78, 5) is 12.2. The number of hydrogen-bond acceptors (Lipinski definition) is 5. The number of carbonyl (C=O) groups is 1. The molecule has 0 radical (unpaired) electrons. The molecule has 0 fully saturated rings. The van der Waals surface area contributed by atoms with E-state index in [0.717, 1.165) is 16.8 Å². The highest BCUT2D eigenvalue weighted by molar-refractivity contribution is 6.03. The van der Waals surface area contributed by atoms with Crippen LogP contribution in [-0.4, -0.2) is 37.0 Å². The van der Waals surface area contributed by atoms with Crippen LogP contribution in [0.2, 0.25) is 0 Å². The Balaban J connectivity index is 2.30. The van der Waals surface area contributed by atoms with Crippen LogP contribution in [0.3, 0.4) is 0 Å². The van der Waals surface area contributed by atoms with E-state index in [0.29, 0.717) is 22.8 Å². The summed E-state index contributed by atoms with van der Waals surface area (Å²) in [5.41, 5.74) is 9.12. The SMILES string of the molecule is COc1cc(C(N)=O)c(-c2cccc(-c3ccnn3C)c2)c(OC)c1OC. The second-order valence-electron chi connectivity index (χ2n) is 5.85. The molecule has 0 atom stereocenters. The van der Waals surface area contributed by atoms with Crippen LogP contribution in [-0.2, 0) is 7.05 Å². The van der Waals surface area contributed by atoms with Crippen LogP contribution < -0.4 is 19.9 Å². The summed E-state index contributed by atoms with van der Waals surface area (Å²) in [7, 11) is 6.38. The average Bonchev–Trinajstić information content (AvgIpc) is 3.11. The number of nitrogens with two attached hydrogens (primary N) is 1. The van der Waals surface area contributed by atoms with E-state index in [9.17, 15) is 4.79 Å². The largest absolute Gasteiger partial charge is 0.493 e. The van der Waals surface area contributed by atoms with E-state index in [4.69, 9.17) is 19.9 Å². The van der Waals surface area contributed by atoms with Gasteiger partial charge >= 0.3 is 0 Å². The number of ether oxygens (including phenoxy) is 3. The molecule has 3 aromatic rings. The number of methoxy groups -OCH3 is 3. The third-order valence-electron chi connectivity index (χ3n) is 4.36. The quantitative estimate of drug-likeness (QED) is 0.724. The molecule has 2 aromatic carbocycles. The maximum absolute atomic E-state index is 12.2. The van der Waals surface area contributed by atoms with Crippen molar-refractivity contribution in [1.29, 1.82) is 0 Å². The third-order valence-corrected chi connectivity index (χ3v) is 4.36. The summed E-state index contributed by atoms with van der Waals surface area (Å²) in [6, 6.07) is 11.2. The molecule has 140 valence electrons. The molecule has 3 rings (SSSR count). The fourth-order valence-corrected chi connectivity index (χ4v) is 3.13. The van der Waals surface area contributed by atoms with Crippen molar-refractivity contribution in [3.05, 3.63) is 48.2 Å². The molecule has 2 N–H and O–H groups in total. The molecule has 7 nitrogen and oxygen atoms in total. The van der Waals surface area contributed by atoms with Crippen molar-refractivity contribution in [3.63, 3.8) is 0 Å². The van der Waals surface area contributed by atoms with Crippen molar-refractivity contribution >= 4 is 5.91 Å². The van der Waals surface area contributed by atoms with Crippen LogP contribution in [0.5, 0.6) is 17.2 Å². The number of benzene rings is 2. The first kappa shape index (κ1) is 18.3. The van der Waals surface area contributed by atoms with Gasteiger partial charge in [-0.3, -0.25) is 9.48 Å². The highest BCUT2D eigenvalue weighted by Gasteiger charge is 2.24. The lowest BCUT2D eigenvalue weighted by atomic mass is 9.95. The average molecular weight is 367 g/mol. The van der Waals surface area contributed by atoms with Gasteiger partial charge in [0.15, 0.2) is 11.5 Å². The topological polar surface area (TPSA) is 88.6 Å². The van der Waals surface area contributed by atoms with Gasteiger partial charge in [-0.15, -0.1) is 0 Å². The Kier molecular flexibility index (Phi) is 5.03. The molecule has 7 heteroatoms. The van der Waals surface area contributed by atoms with Gasteiger partial charge in [0, 0.05) is 24.4 Å². The summed E-state index contributed by atoms with van der Waals surface area (Å²) in [6.07, 6.45) is 1.73. The second kappa shape index (κ2) is 7.41. The molecule has 0 aliphatic rings. The predicted octanol–water partition coefficient (Wildman–Crippen LogP) is 2.88. The number of aromatic nitrogens is 2. The van der Waals surface area contributed by atoms with Crippen molar-refractivity contribution in [2.24, 2.45) is 12.8 Å². The molecule has 27 heavy (non-hydrogen) atoms. The van der Waals surface area contributed by atoms with Crippen LogP contribution in [0.4, 0.5) is 0 Å². The van der Waals surface area contributed by atoms with Crippen LogP contribution >= 0.6 is 0 Å². The van der Waals surface area contributed by atoms with Crippen molar-refractivity contribution < 1.29 is 19.0 Å². The van der Waals surface area contributed by atoms with Gasteiger partial charge in [0.25, 0.3) is 0 Å². The third kappa shape index (κ3) is 3.19. The minimum atomic E-state index is -0.588. The monoisotopic (exact) mass is 367 g/mol. The second-order valence-corrected chi connectivity index (χ2v) is 5.85. The molecule has 0 unspecified atom stereocenters. The Labute approximate surface area is 157 Å². The standard InChI is InChI=1S/C20H21N3O4/c1-23-15(8-9-22-23)12-6-5-7-13(10-12)17-14(20(21)24)11-16(25-2)18(26-3)19(17)27-4/h5-11H,1-4H3,(H2,21,24). The van der Waals surface area contributed by atoms with Crippen molar-refractivity contribution in [1.82, 2.24) is 9.78 Å². The summed E-state index contributed by atoms with van der Waals surface area (Å²) in [5, 5.41) is 4.21. The highest BCUT2D eigenvalue weighted by Crippen LogP contribution is 2.47. The van der Waals surface area contributed by atoms with E-state index >= 15 is 0 Å². The van der Waals surface area contributed by atoms with E-state index in [1.807, 2.05) is 37.4 Å². The number of primary amides is 1. The number of hydrogen-bond donors (Lipinski definition) is 1. The molecule has 1 heterocycles. The molecular formula is C20H21N3O4. The zero-order valence-electron chi connectivity index (χ0n) is 15.6. The minimum absolute atomic E-state index is 0.284. The Morgan fingerprint density at radius 2 is 1.70 bits per heavy atom. The van der Waals surface area contributed by atoms with Gasteiger partial charge in [-0.25, -0.2) is 0 Å². The molecule has 0 spiro atoms. The smallest absolute Gasteiger partial charge is 0.249 e. The number of rotatable bonds is 6. The van der Waals surface area contributed by atoms with Gasteiger partial charge in [-0.1, -0.05) is 18.2 Å². The minimum Gasteiger partial charge on any atom is -0.493 e. The fraction of sp³-hybridized carbons (Fsp3) is 0.200. The molecule has 0 aliphatic heterocycles. The van der Waals surface area contributed by atoms with Crippen molar-refractivity contribution in [3.8, 4) is 39.6 Å². The molecule has 1 amide bonds. The van der Waals surface area contributed by atoms with Gasteiger partial charge in [0.05, 0.1) is 32.6 Å². The van der Waals surface area contributed by atoms with E-state index in [-0.39, 0.29) is 5.56 Å². The van der Waals surface area contributed by atoms with E-state index in [1.165, 1.54) is 21.3 Å². The lowest BCUT2D eigenvalue weighted by molar-refractivity contribution is 0.1000. The van der Waals surface area contributed by atoms with Gasteiger partial charge in [0.1, 0.15) is 0 Å². The Bertz CT molecular complexity index is 995. The van der Waals surface area contributed by atoms with Gasteiger partial charge < -0.3 is 19.9 Å². The molecule has 0 saturated carbocycles. The van der Waals surface area contributed by atoms with Crippen molar-refractivity contribution in [2.45, 2.75) is 0 Å². The molecule has 0 bridgehead atoms. The summed E-state index contributed by atoms with van der Waals surface area (Å²) < 4.78 is 18.2. The maximum atomic E-state index is 12.2. The Hall–Kier alpha value is -3.48. The maximum Gasteiger partial charge on any atom is 0.249 e. The van der Waals surface area contributed by atoms with Crippen LogP contribution in [0.25, 0.3) is 22.4 Å². The zero-order valence-corrected chi connectivity index (χ0v) is 15.6. The normalized spacial score (nSPS) is 10.5. The number of amides is 1. The van der Waals surface area contributed by atoms with Gasteiger partial charge in [-0.05, 0) is 23.8 Å². The van der Waals surface area contributed by atoms with E-state index < -0.39 is 5.91 Å². The molecule has 0 saturated heterocycles. The number of aryl methyl sites for hydroxylation is 1.